The predicted octanol–water partition coefficient (Wildman–Crippen LogP) is 2.62. The van der Waals surface area contributed by atoms with Gasteiger partial charge in [-0.2, -0.15) is 4.39 Å². The van der Waals surface area contributed by atoms with Crippen LogP contribution in [0.2, 0.25) is 10.0 Å². The Labute approximate surface area is 188 Å². The van der Waals surface area contributed by atoms with Gasteiger partial charge in [-0.15, -0.1) is 5.10 Å². The summed E-state index contributed by atoms with van der Waals surface area (Å²) < 4.78 is 20.2. The number of ether oxygens (including phenoxy) is 1. The van der Waals surface area contributed by atoms with Gasteiger partial charge >= 0.3 is 0 Å². The van der Waals surface area contributed by atoms with Crippen LogP contribution in [0, 0.1) is 5.13 Å². The second-order valence-electron chi connectivity index (χ2n) is 6.44. The maximum atomic E-state index is 13.3. The number of halogens is 3. The fourth-order valence-corrected chi connectivity index (χ4v) is 5.11. The first-order valence-electron chi connectivity index (χ1n) is 8.65. The molecule has 160 valence electrons. The Morgan fingerprint density at radius 1 is 1.23 bits per heavy atom. The van der Waals surface area contributed by atoms with Crippen molar-refractivity contribution in [2.45, 2.75) is 34.7 Å². The molecule has 13 heteroatoms. The monoisotopic (exact) mass is 492 g/mol. The lowest BCUT2D eigenvalue weighted by Gasteiger charge is -2.41. The second kappa shape index (κ2) is 9.05. The fourth-order valence-electron chi connectivity index (χ4n) is 3.06. The molecule has 3 N–H and O–H groups in total. The van der Waals surface area contributed by atoms with E-state index in [0.717, 1.165) is 29.3 Å². The SMILES string of the molecule is OC[C@H]1O[C@H](Sc2ccc(Cl)c(Cl)c2)[C@H](O)[C@@H](n2cc(-c3ncc(F)s3)nn2)[C@H]1O. The second-order valence-corrected chi connectivity index (χ2v) is 9.41. The van der Waals surface area contributed by atoms with Crippen LogP contribution >= 0.6 is 46.3 Å². The molecule has 1 fully saturated rings. The lowest BCUT2D eigenvalue weighted by atomic mass is 9.97. The minimum absolute atomic E-state index is 0.295. The molecule has 0 unspecified atom stereocenters. The molecule has 0 amide bonds. The molecule has 4 rings (SSSR count). The first kappa shape index (κ1) is 21.9. The lowest BCUT2D eigenvalue weighted by Crippen LogP contribution is -2.55. The highest BCUT2D eigenvalue weighted by Gasteiger charge is 2.46. The Balaban J connectivity index is 1.61. The van der Waals surface area contributed by atoms with Crippen molar-refractivity contribution in [3.8, 4) is 10.7 Å². The van der Waals surface area contributed by atoms with Crippen LogP contribution in [-0.2, 0) is 4.74 Å². The Morgan fingerprint density at radius 3 is 2.70 bits per heavy atom. The first-order chi connectivity index (χ1) is 14.4. The van der Waals surface area contributed by atoms with Crippen LogP contribution < -0.4 is 0 Å². The number of thioether (sulfide) groups is 1. The van der Waals surface area contributed by atoms with Gasteiger partial charge in [0.25, 0.3) is 0 Å². The van der Waals surface area contributed by atoms with E-state index in [1.807, 2.05) is 0 Å². The van der Waals surface area contributed by atoms with E-state index in [1.54, 1.807) is 18.2 Å². The minimum atomic E-state index is -1.27. The van der Waals surface area contributed by atoms with Crippen LogP contribution in [0.3, 0.4) is 0 Å². The summed E-state index contributed by atoms with van der Waals surface area (Å²) >= 11 is 14.0. The Hall–Kier alpha value is -1.31. The molecule has 1 aliphatic rings. The summed E-state index contributed by atoms with van der Waals surface area (Å²) in [5.41, 5.74) is -0.554. The van der Waals surface area contributed by atoms with Crippen molar-refractivity contribution in [2.75, 3.05) is 6.61 Å². The molecule has 3 aromatic rings. The van der Waals surface area contributed by atoms with Gasteiger partial charge in [0.1, 0.15) is 40.5 Å². The number of nitrogens with zero attached hydrogens (tertiary/aromatic N) is 4. The van der Waals surface area contributed by atoms with Crippen molar-refractivity contribution in [1.29, 1.82) is 0 Å². The number of hydrogen-bond acceptors (Lipinski definition) is 9. The third kappa shape index (κ3) is 4.34. The zero-order valence-electron chi connectivity index (χ0n) is 15.0. The molecular weight excluding hydrogens is 478 g/mol. The van der Waals surface area contributed by atoms with Crippen LogP contribution in [0.25, 0.3) is 10.7 Å². The van der Waals surface area contributed by atoms with Gasteiger partial charge in [0.15, 0.2) is 5.13 Å². The van der Waals surface area contributed by atoms with E-state index in [-0.39, 0.29) is 0 Å². The van der Waals surface area contributed by atoms with Gasteiger partial charge in [-0.1, -0.05) is 51.5 Å². The van der Waals surface area contributed by atoms with Crippen molar-refractivity contribution in [2.24, 2.45) is 0 Å². The maximum absolute atomic E-state index is 13.3. The molecule has 3 heterocycles. The van der Waals surface area contributed by atoms with E-state index < -0.39 is 41.5 Å². The quantitative estimate of drug-likeness (QED) is 0.497. The number of rotatable bonds is 5. The molecule has 0 spiro atoms. The fraction of sp³-hybridized carbons (Fsp3) is 0.353. The largest absolute Gasteiger partial charge is 0.394 e. The van der Waals surface area contributed by atoms with E-state index >= 15 is 0 Å². The summed E-state index contributed by atoms with van der Waals surface area (Å²) in [6.07, 6.45) is -0.925. The molecular formula is C17H15Cl2FN4O4S2. The Kier molecular flexibility index (Phi) is 6.61. The number of aliphatic hydroxyl groups excluding tert-OH is 3. The van der Waals surface area contributed by atoms with Crippen LogP contribution in [0.1, 0.15) is 6.04 Å². The number of benzene rings is 1. The molecule has 5 atom stereocenters. The zero-order valence-corrected chi connectivity index (χ0v) is 18.1. The topological polar surface area (TPSA) is 114 Å². The number of hydrogen-bond donors (Lipinski definition) is 3. The van der Waals surface area contributed by atoms with Crippen molar-refractivity contribution in [3.63, 3.8) is 0 Å². The molecule has 30 heavy (non-hydrogen) atoms. The van der Waals surface area contributed by atoms with Crippen LogP contribution in [0.4, 0.5) is 4.39 Å². The van der Waals surface area contributed by atoms with Gasteiger partial charge in [0, 0.05) is 4.90 Å². The van der Waals surface area contributed by atoms with Gasteiger partial charge in [0.05, 0.1) is 29.0 Å². The summed E-state index contributed by atoms with van der Waals surface area (Å²) in [6, 6.07) is 3.99. The van der Waals surface area contributed by atoms with Crippen LogP contribution in [0.15, 0.2) is 35.5 Å². The lowest BCUT2D eigenvalue weighted by molar-refractivity contribution is -0.178. The Morgan fingerprint density at radius 2 is 2.03 bits per heavy atom. The van der Waals surface area contributed by atoms with Crippen molar-refractivity contribution >= 4 is 46.3 Å². The summed E-state index contributed by atoms with van der Waals surface area (Å²) in [4.78, 5) is 4.59. The van der Waals surface area contributed by atoms with Crippen molar-refractivity contribution < 1.29 is 24.4 Å². The number of aromatic nitrogens is 4. The van der Waals surface area contributed by atoms with Gasteiger partial charge in [-0.3, -0.25) is 0 Å². The van der Waals surface area contributed by atoms with E-state index in [1.165, 1.54) is 10.9 Å². The van der Waals surface area contributed by atoms with Gasteiger partial charge < -0.3 is 20.1 Å². The average molecular weight is 493 g/mol. The van der Waals surface area contributed by atoms with Crippen molar-refractivity contribution in [3.05, 3.63) is 45.8 Å². The van der Waals surface area contributed by atoms with Gasteiger partial charge in [-0.05, 0) is 18.2 Å². The predicted molar refractivity (Wildman–Crippen MR) is 110 cm³/mol. The highest BCUT2D eigenvalue weighted by Crippen LogP contribution is 2.39. The smallest absolute Gasteiger partial charge is 0.196 e. The van der Waals surface area contributed by atoms with Crippen LogP contribution in [-0.4, -0.2) is 65.7 Å². The van der Waals surface area contributed by atoms with E-state index in [9.17, 15) is 19.7 Å². The van der Waals surface area contributed by atoms with E-state index in [4.69, 9.17) is 27.9 Å². The van der Waals surface area contributed by atoms with Gasteiger partial charge in [-0.25, -0.2) is 9.67 Å². The Bertz CT molecular complexity index is 1040. The normalized spacial score (nSPS) is 26.8. The number of thiazole rings is 1. The summed E-state index contributed by atoms with van der Waals surface area (Å²) in [7, 11) is 0. The molecule has 8 nitrogen and oxygen atoms in total. The zero-order chi connectivity index (χ0) is 21.4. The third-order valence-electron chi connectivity index (χ3n) is 4.50. The first-order valence-corrected chi connectivity index (χ1v) is 11.1. The van der Waals surface area contributed by atoms with E-state index in [2.05, 4.69) is 15.3 Å². The highest BCUT2D eigenvalue weighted by atomic mass is 35.5. The minimum Gasteiger partial charge on any atom is -0.394 e. The molecule has 1 saturated heterocycles. The molecule has 2 aromatic heterocycles. The standard InChI is InChI=1S/C17H15Cl2FN4O4S2/c18-8-2-1-7(3-9(8)19)29-17-15(27)13(14(26)11(6-25)28-17)24-5-10(22-23-24)16-21-4-12(20)30-16/h1-5,11,13-15,17,25-27H,6H2/t11-,13+,14+,15-,17-/m1/s1. The highest BCUT2D eigenvalue weighted by molar-refractivity contribution is 7.99. The molecule has 0 aliphatic carbocycles. The molecule has 1 aromatic carbocycles. The van der Waals surface area contributed by atoms with Crippen molar-refractivity contribution in [1.82, 2.24) is 20.0 Å². The maximum Gasteiger partial charge on any atom is 0.196 e. The molecule has 0 bridgehead atoms. The molecule has 1 aliphatic heterocycles. The van der Waals surface area contributed by atoms with Crippen LogP contribution in [0.5, 0.6) is 0 Å². The summed E-state index contributed by atoms with van der Waals surface area (Å²) in [5.74, 6) is 0. The summed E-state index contributed by atoms with van der Waals surface area (Å²) in [5, 5.41) is 39.7. The molecule has 0 radical (unpaired) electrons. The van der Waals surface area contributed by atoms with Gasteiger partial charge in [0.2, 0.25) is 0 Å². The molecule has 0 saturated carbocycles. The third-order valence-corrected chi connectivity index (χ3v) is 7.20. The summed E-state index contributed by atoms with van der Waals surface area (Å²) in [6.45, 7) is -0.470. The average Bonchev–Trinajstić information content (AvgIpc) is 3.36. The number of aliphatic hydroxyl groups is 3. The van der Waals surface area contributed by atoms with E-state index in [0.29, 0.717) is 25.6 Å².